The van der Waals surface area contributed by atoms with Crippen molar-refractivity contribution >= 4 is 29.1 Å². The van der Waals surface area contributed by atoms with Crippen LogP contribution in [0.3, 0.4) is 0 Å². The molecule has 0 unspecified atom stereocenters. The van der Waals surface area contributed by atoms with E-state index in [2.05, 4.69) is 19.9 Å². The summed E-state index contributed by atoms with van der Waals surface area (Å²) in [6.07, 6.45) is 6.86. The number of benzene rings is 1. The second kappa shape index (κ2) is 8.68. The zero-order chi connectivity index (χ0) is 22.9. The molecule has 0 bridgehead atoms. The number of fused-ring (bicyclic) bond motifs is 1. The van der Waals surface area contributed by atoms with Gasteiger partial charge in [-0.25, -0.2) is 15.0 Å². The second-order valence-electron chi connectivity index (χ2n) is 7.78. The van der Waals surface area contributed by atoms with Crippen LogP contribution in [0.2, 0.25) is 5.02 Å². The smallest absolute Gasteiger partial charge is 0.272 e. The first-order valence-corrected chi connectivity index (χ1v) is 10.9. The summed E-state index contributed by atoms with van der Waals surface area (Å²) in [6, 6.07) is 8.43. The van der Waals surface area contributed by atoms with E-state index in [0.29, 0.717) is 48.5 Å². The first-order chi connectivity index (χ1) is 16.0. The number of phenolic OH excluding ortho intramolecular Hbond substituents is 1. The number of hydrogen-bond acceptors (Lipinski definition) is 7. The lowest BCUT2D eigenvalue weighted by Crippen LogP contribution is -2.49. The molecular weight excluding hydrogens is 442 g/mol. The zero-order valence-electron chi connectivity index (χ0n) is 17.7. The lowest BCUT2D eigenvalue weighted by Gasteiger charge is -2.34. The first-order valence-electron chi connectivity index (χ1n) is 10.6. The van der Waals surface area contributed by atoms with E-state index in [1.54, 1.807) is 41.2 Å². The van der Waals surface area contributed by atoms with Crippen molar-refractivity contribution in [3.63, 3.8) is 0 Å². The van der Waals surface area contributed by atoms with Gasteiger partial charge in [-0.2, -0.15) is 0 Å². The molecule has 1 fully saturated rings. The van der Waals surface area contributed by atoms with Gasteiger partial charge in [0.05, 0.1) is 11.2 Å². The summed E-state index contributed by atoms with van der Waals surface area (Å²) in [4.78, 5) is 30.3. The molecule has 1 saturated heterocycles. The van der Waals surface area contributed by atoms with E-state index in [1.807, 2.05) is 17.2 Å². The molecule has 9 nitrogen and oxygen atoms in total. The molecule has 33 heavy (non-hydrogen) atoms. The number of carbonyl (C=O) groups is 1. The first kappa shape index (κ1) is 21.2. The highest BCUT2D eigenvalue weighted by Gasteiger charge is 2.26. The number of aromatic hydroxyl groups is 1. The number of nitrogens with zero attached hydrogens (tertiary/aromatic N) is 6. The van der Waals surface area contributed by atoms with Crippen molar-refractivity contribution in [1.29, 1.82) is 0 Å². The topological polar surface area (TPSA) is 113 Å². The molecule has 1 aliphatic heterocycles. The molecule has 4 aromatic rings. The lowest BCUT2D eigenvalue weighted by atomic mass is 10.0. The molecule has 3 aromatic heterocycles. The highest BCUT2D eigenvalue weighted by molar-refractivity contribution is 6.33. The largest absolute Gasteiger partial charge is 0.508 e. The van der Waals surface area contributed by atoms with Crippen LogP contribution in [0.4, 0.5) is 5.95 Å². The Morgan fingerprint density at radius 1 is 1.06 bits per heavy atom. The van der Waals surface area contributed by atoms with Crippen molar-refractivity contribution in [2.75, 3.05) is 31.1 Å². The van der Waals surface area contributed by atoms with E-state index in [9.17, 15) is 9.90 Å². The minimum absolute atomic E-state index is 0.0812. The minimum atomic E-state index is -0.0978. The lowest BCUT2D eigenvalue weighted by molar-refractivity contribution is 0.0739. The Kier molecular flexibility index (Phi) is 5.57. The Bertz CT molecular complexity index is 1320. The molecule has 0 saturated carbocycles. The van der Waals surface area contributed by atoms with Gasteiger partial charge in [0.25, 0.3) is 5.91 Å². The van der Waals surface area contributed by atoms with Crippen LogP contribution in [0.1, 0.15) is 16.1 Å². The van der Waals surface area contributed by atoms with Crippen molar-refractivity contribution in [2.45, 2.75) is 6.54 Å². The van der Waals surface area contributed by atoms with Gasteiger partial charge in [0, 0.05) is 62.4 Å². The molecule has 0 radical (unpaired) electrons. The van der Waals surface area contributed by atoms with Gasteiger partial charge in [-0.15, -0.1) is 0 Å². The molecule has 0 aliphatic carbocycles. The number of piperazine rings is 1. The summed E-state index contributed by atoms with van der Waals surface area (Å²) in [6.45, 7) is 2.70. The highest BCUT2D eigenvalue weighted by atomic mass is 35.5. The minimum Gasteiger partial charge on any atom is -0.508 e. The predicted octanol–water partition coefficient (Wildman–Crippen LogP) is 2.57. The van der Waals surface area contributed by atoms with E-state index in [-0.39, 0.29) is 18.2 Å². The maximum absolute atomic E-state index is 13.4. The molecule has 3 N–H and O–H groups in total. The monoisotopic (exact) mass is 463 g/mol. The quantitative estimate of drug-likeness (QED) is 0.478. The van der Waals surface area contributed by atoms with Crippen LogP contribution in [0.15, 0.2) is 55.1 Å². The van der Waals surface area contributed by atoms with Gasteiger partial charge in [0.15, 0.2) is 0 Å². The van der Waals surface area contributed by atoms with E-state index in [1.165, 1.54) is 6.07 Å². The van der Waals surface area contributed by atoms with Crippen LogP contribution in [-0.2, 0) is 6.54 Å². The zero-order valence-corrected chi connectivity index (χ0v) is 18.5. The van der Waals surface area contributed by atoms with E-state index >= 15 is 0 Å². The summed E-state index contributed by atoms with van der Waals surface area (Å²) >= 11 is 6.39. The van der Waals surface area contributed by atoms with Crippen LogP contribution in [-0.4, -0.2) is 61.4 Å². The summed E-state index contributed by atoms with van der Waals surface area (Å²) < 4.78 is 1.77. The number of halogens is 1. The normalized spacial score (nSPS) is 14.1. The van der Waals surface area contributed by atoms with Crippen LogP contribution < -0.4 is 10.6 Å². The van der Waals surface area contributed by atoms with Crippen molar-refractivity contribution in [3.05, 3.63) is 71.4 Å². The molecule has 1 aromatic carbocycles. The third-order valence-corrected chi connectivity index (χ3v) is 6.13. The highest BCUT2D eigenvalue weighted by Crippen LogP contribution is 2.33. The summed E-state index contributed by atoms with van der Waals surface area (Å²) in [5.41, 5.74) is 9.44. The SMILES string of the molecule is NCc1cc2ncc(C(=O)N3CCN(c4ncccn4)CC3)n2cc1-c1ccc(O)cc1Cl. The van der Waals surface area contributed by atoms with Gasteiger partial charge in [-0.05, 0) is 35.9 Å². The number of anilines is 1. The summed E-state index contributed by atoms with van der Waals surface area (Å²) in [5, 5.41) is 10.1. The van der Waals surface area contributed by atoms with E-state index < -0.39 is 0 Å². The standard InChI is InChI=1S/C23H22ClN7O2/c24-19-11-16(32)2-3-17(19)18-14-31-20(13-28-21(31)10-15(18)12-25)22(33)29-6-8-30(9-7-29)23-26-4-1-5-27-23/h1-5,10-11,13-14,32H,6-9,12,25H2. The van der Waals surface area contributed by atoms with Crippen molar-refractivity contribution in [3.8, 4) is 16.9 Å². The number of aromatic nitrogens is 4. The number of hydrogen-bond donors (Lipinski definition) is 2. The third-order valence-electron chi connectivity index (χ3n) is 5.82. The molecular formula is C23H22ClN7O2. The molecule has 0 atom stereocenters. The number of carbonyl (C=O) groups excluding carboxylic acids is 1. The Morgan fingerprint density at radius 3 is 2.52 bits per heavy atom. The number of nitrogens with two attached hydrogens (primary N) is 1. The molecule has 168 valence electrons. The van der Waals surface area contributed by atoms with E-state index in [4.69, 9.17) is 17.3 Å². The van der Waals surface area contributed by atoms with Gasteiger partial charge in [0.2, 0.25) is 5.95 Å². The summed E-state index contributed by atoms with van der Waals surface area (Å²) in [7, 11) is 0. The van der Waals surface area contributed by atoms with Gasteiger partial charge in [0.1, 0.15) is 17.1 Å². The fourth-order valence-corrected chi connectivity index (χ4v) is 4.36. The van der Waals surface area contributed by atoms with Crippen LogP contribution in [0, 0.1) is 0 Å². The Balaban J connectivity index is 1.45. The third kappa shape index (κ3) is 3.96. The second-order valence-corrected chi connectivity index (χ2v) is 8.19. The van der Waals surface area contributed by atoms with Crippen LogP contribution >= 0.6 is 11.6 Å². The number of imidazole rings is 1. The van der Waals surface area contributed by atoms with Crippen molar-refractivity contribution in [1.82, 2.24) is 24.3 Å². The maximum atomic E-state index is 13.4. The molecule has 10 heteroatoms. The fourth-order valence-electron chi connectivity index (χ4n) is 4.08. The van der Waals surface area contributed by atoms with Crippen LogP contribution in [0.25, 0.3) is 16.8 Å². The molecule has 0 spiro atoms. The molecule has 5 rings (SSSR count). The van der Waals surface area contributed by atoms with Gasteiger partial charge >= 0.3 is 0 Å². The van der Waals surface area contributed by atoms with Gasteiger partial charge in [-0.3, -0.25) is 9.20 Å². The average Bonchev–Trinajstić information content (AvgIpc) is 3.26. The molecule has 1 amide bonds. The number of rotatable bonds is 4. The number of amides is 1. The van der Waals surface area contributed by atoms with Gasteiger partial charge < -0.3 is 20.6 Å². The van der Waals surface area contributed by atoms with Crippen molar-refractivity contribution in [2.24, 2.45) is 5.73 Å². The molecule has 1 aliphatic rings. The number of phenols is 1. The number of pyridine rings is 1. The fraction of sp³-hybridized carbons (Fsp3) is 0.217. The predicted molar refractivity (Wildman–Crippen MR) is 125 cm³/mol. The van der Waals surface area contributed by atoms with Crippen LogP contribution in [0.5, 0.6) is 5.75 Å². The van der Waals surface area contributed by atoms with Gasteiger partial charge in [-0.1, -0.05) is 11.6 Å². The Labute approximate surface area is 195 Å². The van der Waals surface area contributed by atoms with Crippen molar-refractivity contribution < 1.29 is 9.90 Å². The maximum Gasteiger partial charge on any atom is 0.272 e. The Hall–Kier alpha value is -3.69. The Morgan fingerprint density at radius 2 is 1.82 bits per heavy atom. The van der Waals surface area contributed by atoms with E-state index in [0.717, 1.165) is 16.7 Å². The average molecular weight is 464 g/mol. The molecule has 4 heterocycles. The summed E-state index contributed by atoms with van der Waals surface area (Å²) in [5.74, 6) is 0.654.